The Hall–Kier alpha value is -0.900. The Bertz CT molecular complexity index is 501. The molecule has 4 atom stereocenters. The SMILES string of the molecule is CCC(C)(C)c1ccc(C(O)C(C)CN2C[C@@H](C)O[C@@H](C)C2)cc1. The fraction of sp³-hybridized carbons (Fsp3) is 0.714. The Kier molecular flexibility index (Phi) is 6.46. The number of hydrogen-bond acceptors (Lipinski definition) is 3. The van der Waals surface area contributed by atoms with Gasteiger partial charge in [0.05, 0.1) is 18.3 Å². The number of benzene rings is 1. The molecule has 1 N–H and O–H groups in total. The fourth-order valence-electron chi connectivity index (χ4n) is 3.60. The van der Waals surface area contributed by atoms with E-state index < -0.39 is 6.10 Å². The molecule has 1 saturated heterocycles. The summed E-state index contributed by atoms with van der Waals surface area (Å²) in [4.78, 5) is 2.42. The van der Waals surface area contributed by atoms with E-state index >= 15 is 0 Å². The fourth-order valence-corrected chi connectivity index (χ4v) is 3.60. The molecule has 1 fully saturated rings. The van der Waals surface area contributed by atoms with E-state index in [1.807, 2.05) is 0 Å². The van der Waals surface area contributed by atoms with Gasteiger partial charge >= 0.3 is 0 Å². The average molecular weight is 334 g/mol. The predicted molar refractivity (Wildman–Crippen MR) is 100 cm³/mol. The smallest absolute Gasteiger partial charge is 0.0827 e. The summed E-state index contributed by atoms with van der Waals surface area (Å²) < 4.78 is 5.79. The van der Waals surface area contributed by atoms with Crippen LogP contribution in [0.25, 0.3) is 0 Å². The van der Waals surface area contributed by atoms with Crippen molar-refractivity contribution in [1.29, 1.82) is 0 Å². The van der Waals surface area contributed by atoms with Gasteiger partial charge in [-0.1, -0.05) is 52.0 Å². The Labute approximate surface area is 148 Å². The second kappa shape index (κ2) is 7.99. The van der Waals surface area contributed by atoms with Gasteiger partial charge in [0, 0.05) is 19.6 Å². The summed E-state index contributed by atoms with van der Waals surface area (Å²) >= 11 is 0. The molecule has 0 bridgehead atoms. The molecule has 1 heterocycles. The highest BCUT2D eigenvalue weighted by molar-refractivity contribution is 5.29. The lowest BCUT2D eigenvalue weighted by Gasteiger charge is -2.37. The highest BCUT2D eigenvalue weighted by atomic mass is 16.5. The van der Waals surface area contributed by atoms with Crippen LogP contribution < -0.4 is 0 Å². The molecule has 1 aliphatic rings. The highest BCUT2D eigenvalue weighted by Crippen LogP contribution is 2.29. The zero-order valence-electron chi connectivity index (χ0n) is 16.2. The van der Waals surface area contributed by atoms with Crippen LogP contribution >= 0.6 is 0 Å². The standard InChI is InChI=1S/C21H35NO2/c1-7-21(5,6)19-10-8-18(9-11-19)20(23)15(2)12-22-13-16(3)24-17(4)14-22/h8-11,15-17,20,23H,7,12-14H2,1-6H3/t15?,16-,17+,20?. The van der Waals surface area contributed by atoms with Crippen LogP contribution in [-0.4, -0.2) is 41.8 Å². The Morgan fingerprint density at radius 1 is 1.17 bits per heavy atom. The minimum absolute atomic E-state index is 0.190. The number of aliphatic hydroxyl groups excluding tert-OH is 1. The third kappa shape index (κ3) is 4.81. The lowest BCUT2D eigenvalue weighted by atomic mass is 9.81. The molecule has 2 rings (SSSR count). The molecule has 0 aliphatic carbocycles. The van der Waals surface area contributed by atoms with Gasteiger partial charge < -0.3 is 9.84 Å². The van der Waals surface area contributed by atoms with Crippen LogP contribution in [0.2, 0.25) is 0 Å². The molecule has 0 saturated carbocycles. The summed E-state index contributed by atoms with van der Waals surface area (Å²) in [5.74, 6) is 0.201. The molecule has 1 aromatic rings. The average Bonchev–Trinajstić information content (AvgIpc) is 2.53. The molecule has 0 spiro atoms. The van der Waals surface area contributed by atoms with E-state index in [4.69, 9.17) is 4.74 Å². The molecule has 24 heavy (non-hydrogen) atoms. The minimum Gasteiger partial charge on any atom is -0.388 e. The third-order valence-electron chi connectivity index (χ3n) is 5.50. The van der Waals surface area contributed by atoms with E-state index in [9.17, 15) is 5.11 Å². The Morgan fingerprint density at radius 2 is 1.71 bits per heavy atom. The van der Waals surface area contributed by atoms with Crippen molar-refractivity contribution in [3.05, 3.63) is 35.4 Å². The van der Waals surface area contributed by atoms with Gasteiger partial charge in [0.2, 0.25) is 0 Å². The van der Waals surface area contributed by atoms with Gasteiger partial charge in [-0.2, -0.15) is 0 Å². The molecule has 0 amide bonds. The summed E-state index contributed by atoms with van der Waals surface area (Å²) in [6.45, 7) is 15.9. The second-order valence-electron chi connectivity index (χ2n) is 8.26. The van der Waals surface area contributed by atoms with Crippen molar-refractivity contribution in [1.82, 2.24) is 4.90 Å². The largest absolute Gasteiger partial charge is 0.388 e. The van der Waals surface area contributed by atoms with E-state index in [1.54, 1.807) is 0 Å². The highest BCUT2D eigenvalue weighted by Gasteiger charge is 2.26. The zero-order valence-corrected chi connectivity index (χ0v) is 16.2. The van der Waals surface area contributed by atoms with Crippen molar-refractivity contribution < 1.29 is 9.84 Å². The first-order valence-corrected chi connectivity index (χ1v) is 9.39. The molecule has 3 heteroatoms. The van der Waals surface area contributed by atoms with Gasteiger partial charge in [-0.15, -0.1) is 0 Å². The van der Waals surface area contributed by atoms with Crippen LogP contribution in [0.1, 0.15) is 65.2 Å². The molecule has 1 aliphatic heterocycles. The monoisotopic (exact) mass is 333 g/mol. The Balaban J connectivity index is 1.98. The van der Waals surface area contributed by atoms with Crippen molar-refractivity contribution >= 4 is 0 Å². The van der Waals surface area contributed by atoms with Crippen LogP contribution in [-0.2, 0) is 10.2 Å². The number of aliphatic hydroxyl groups is 1. The van der Waals surface area contributed by atoms with Crippen molar-refractivity contribution in [2.75, 3.05) is 19.6 Å². The molecule has 0 aromatic heterocycles. The molecule has 1 aromatic carbocycles. The molecule has 2 unspecified atom stereocenters. The number of morpholine rings is 1. The maximum Gasteiger partial charge on any atom is 0.0827 e. The van der Waals surface area contributed by atoms with Crippen LogP contribution in [0.3, 0.4) is 0 Å². The quantitative estimate of drug-likeness (QED) is 0.849. The predicted octanol–water partition coefficient (Wildman–Crippen LogP) is 4.15. The first kappa shape index (κ1) is 19.4. The van der Waals surface area contributed by atoms with Gasteiger partial charge in [-0.05, 0) is 42.7 Å². The first-order chi connectivity index (χ1) is 11.2. The summed E-state index contributed by atoms with van der Waals surface area (Å²) in [5, 5.41) is 10.7. The van der Waals surface area contributed by atoms with Crippen molar-refractivity contribution in [2.24, 2.45) is 5.92 Å². The molecule has 0 radical (unpaired) electrons. The number of hydrogen-bond donors (Lipinski definition) is 1. The van der Waals surface area contributed by atoms with E-state index in [1.165, 1.54) is 5.56 Å². The first-order valence-electron chi connectivity index (χ1n) is 9.39. The topological polar surface area (TPSA) is 32.7 Å². The Morgan fingerprint density at radius 3 is 2.21 bits per heavy atom. The van der Waals surface area contributed by atoms with E-state index in [-0.39, 0.29) is 23.5 Å². The van der Waals surface area contributed by atoms with Crippen molar-refractivity contribution in [2.45, 2.75) is 71.7 Å². The van der Waals surface area contributed by atoms with E-state index in [2.05, 4.69) is 70.7 Å². The number of rotatable bonds is 6. The number of nitrogens with zero attached hydrogens (tertiary/aromatic N) is 1. The van der Waals surface area contributed by atoms with Gasteiger partial charge in [-0.25, -0.2) is 0 Å². The van der Waals surface area contributed by atoms with E-state index in [0.717, 1.165) is 31.6 Å². The van der Waals surface area contributed by atoms with Gasteiger partial charge in [-0.3, -0.25) is 4.90 Å². The molecule has 136 valence electrons. The summed E-state index contributed by atoms with van der Waals surface area (Å²) in [5.41, 5.74) is 2.55. The molecular weight excluding hydrogens is 298 g/mol. The van der Waals surface area contributed by atoms with Crippen molar-refractivity contribution in [3.8, 4) is 0 Å². The lowest BCUT2D eigenvalue weighted by molar-refractivity contribution is -0.0754. The molecular formula is C21H35NO2. The number of ether oxygens (including phenoxy) is 1. The lowest BCUT2D eigenvalue weighted by Crippen LogP contribution is -2.47. The minimum atomic E-state index is -0.419. The summed E-state index contributed by atoms with van der Waals surface area (Å²) in [7, 11) is 0. The van der Waals surface area contributed by atoms with Gasteiger partial charge in [0.25, 0.3) is 0 Å². The van der Waals surface area contributed by atoms with Crippen LogP contribution in [0.5, 0.6) is 0 Å². The van der Waals surface area contributed by atoms with E-state index in [0.29, 0.717) is 0 Å². The van der Waals surface area contributed by atoms with Crippen LogP contribution in [0, 0.1) is 5.92 Å². The van der Waals surface area contributed by atoms with Gasteiger partial charge in [0.1, 0.15) is 0 Å². The summed E-state index contributed by atoms with van der Waals surface area (Å²) in [6.07, 6.45) is 1.23. The zero-order chi connectivity index (χ0) is 17.9. The second-order valence-corrected chi connectivity index (χ2v) is 8.26. The van der Waals surface area contributed by atoms with Crippen LogP contribution in [0.4, 0.5) is 0 Å². The van der Waals surface area contributed by atoms with Crippen molar-refractivity contribution in [3.63, 3.8) is 0 Å². The maximum absolute atomic E-state index is 10.7. The maximum atomic E-state index is 10.7. The molecule has 3 nitrogen and oxygen atoms in total. The summed E-state index contributed by atoms with van der Waals surface area (Å²) in [6, 6.07) is 8.54. The van der Waals surface area contributed by atoms with Crippen LogP contribution in [0.15, 0.2) is 24.3 Å². The third-order valence-corrected chi connectivity index (χ3v) is 5.50. The normalized spacial score (nSPS) is 25.5. The van der Waals surface area contributed by atoms with Gasteiger partial charge in [0.15, 0.2) is 0 Å².